The summed E-state index contributed by atoms with van der Waals surface area (Å²) in [6, 6.07) is 13.1. The van der Waals surface area contributed by atoms with Crippen molar-refractivity contribution in [1.29, 1.82) is 0 Å². The van der Waals surface area contributed by atoms with E-state index in [2.05, 4.69) is 28.2 Å². The number of halogens is 3. The average molecular weight is 543 g/mol. The lowest BCUT2D eigenvalue weighted by Crippen LogP contribution is -2.64. The largest absolute Gasteiger partial charge is 0.491 e. The molecule has 3 aliphatic rings. The van der Waals surface area contributed by atoms with Crippen LogP contribution < -0.4 is 15.0 Å². The number of rotatable bonds is 6. The second kappa shape index (κ2) is 10.8. The van der Waals surface area contributed by atoms with Crippen molar-refractivity contribution < 1.29 is 22.7 Å². The maximum atomic E-state index is 14.3. The predicted molar refractivity (Wildman–Crippen MR) is 146 cm³/mol. The molecule has 39 heavy (non-hydrogen) atoms. The zero-order valence-corrected chi connectivity index (χ0v) is 22.8. The molecule has 2 aromatic carbocycles. The van der Waals surface area contributed by atoms with Crippen molar-refractivity contribution in [2.75, 3.05) is 11.4 Å². The number of hydrogen-bond acceptors (Lipinski definition) is 4. The minimum Gasteiger partial charge on any atom is -0.491 e. The van der Waals surface area contributed by atoms with Gasteiger partial charge in [0.2, 0.25) is 5.92 Å². The summed E-state index contributed by atoms with van der Waals surface area (Å²) in [7, 11) is 0. The number of nitrogens with zero attached hydrogens (tertiary/aromatic N) is 3. The van der Waals surface area contributed by atoms with Crippen LogP contribution in [0.3, 0.4) is 0 Å². The number of hydrogen-bond donors (Lipinski definition) is 1. The monoisotopic (exact) mass is 542 g/mol. The molecule has 0 aromatic heterocycles. The number of carbonyl (C=O) groups excluding carboxylic acids is 1. The first kappa shape index (κ1) is 27.5. The molecular formula is C30H37F3N4O2. The van der Waals surface area contributed by atoms with E-state index in [4.69, 9.17) is 4.74 Å². The summed E-state index contributed by atoms with van der Waals surface area (Å²) in [5.41, 5.74) is 0.682. The van der Waals surface area contributed by atoms with Crippen molar-refractivity contribution in [2.45, 2.75) is 95.5 Å². The lowest BCUT2D eigenvalue weighted by Gasteiger charge is -2.48. The van der Waals surface area contributed by atoms with Gasteiger partial charge in [-0.2, -0.15) is 4.99 Å². The molecule has 1 saturated heterocycles. The maximum Gasteiger partial charge on any atom is 0.350 e. The van der Waals surface area contributed by atoms with Crippen LogP contribution in [0, 0.1) is 5.82 Å². The van der Waals surface area contributed by atoms with Gasteiger partial charge in [0.25, 0.3) is 0 Å². The van der Waals surface area contributed by atoms with Gasteiger partial charge in [-0.1, -0.05) is 18.2 Å². The SMILES string of the molecule is CC(C)Oc1cccc(CN2CC[C@@]3(C[C@@H]2C)C(NC2CCCC(F)(F)C2)=NC(=O)N3c2cccc(F)c2)c1. The second-order valence-corrected chi connectivity index (χ2v) is 11.5. The number of benzene rings is 2. The standard InChI is InChI=1S/C30H37F3N4O2/c1-20(2)39-26-11-4-7-22(15-26)19-36-14-13-29(17-21(36)3)27(34-24-9-6-12-30(32,33)18-24)35-28(38)37(29)25-10-5-8-23(31)16-25/h4-5,7-8,10-11,15-16,20-21,24H,6,9,12-14,17-19H2,1-3H3,(H,34,35,38)/t21-,24?,29+/m0/s1. The number of urea groups is 1. The van der Waals surface area contributed by atoms with Crippen molar-refractivity contribution in [1.82, 2.24) is 10.2 Å². The van der Waals surface area contributed by atoms with E-state index < -0.39 is 29.4 Å². The number of likely N-dealkylation sites (tertiary alicyclic amines) is 1. The molecule has 2 amide bonds. The fourth-order valence-corrected chi connectivity index (χ4v) is 6.31. The van der Waals surface area contributed by atoms with E-state index in [9.17, 15) is 18.0 Å². The topological polar surface area (TPSA) is 57.2 Å². The van der Waals surface area contributed by atoms with E-state index in [1.807, 2.05) is 32.0 Å². The molecule has 2 aromatic rings. The molecule has 1 unspecified atom stereocenters. The quantitative estimate of drug-likeness (QED) is 0.450. The Morgan fingerprint density at radius 3 is 2.64 bits per heavy atom. The van der Waals surface area contributed by atoms with Crippen LogP contribution in [0.2, 0.25) is 0 Å². The van der Waals surface area contributed by atoms with Crippen molar-refractivity contribution in [2.24, 2.45) is 4.99 Å². The minimum atomic E-state index is -2.74. The lowest BCUT2D eigenvalue weighted by atomic mass is 9.80. The molecule has 1 spiro atoms. The fraction of sp³-hybridized carbons (Fsp3) is 0.533. The minimum absolute atomic E-state index is 0.0372. The highest BCUT2D eigenvalue weighted by Gasteiger charge is 2.54. The summed E-state index contributed by atoms with van der Waals surface area (Å²) in [5.74, 6) is -1.93. The number of alkyl halides is 2. The van der Waals surface area contributed by atoms with Gasteiger partial charge >= 0.3 is 6.03 Å². The van der Waals surface area contributed by atoms with Crippen LogP contribution in [-0.4, -0.2) is 53.0 Å². The van der Waals surface area contributed by atoms with E-state index >= 15 is 0 Å². The van der Waals surface area contributed by atoms with Gasteiger partial charge in [-0.05, 0) is 82.3 Å². The zero-order chi connectivity index (χ0) is 27.8. The highest BCUT2D eigenvalue weighted by molar-refractivity contribution is 6.16. The number of anilines is 1. The Balaban J connectivity index is 1.40. The Hall–Kier alpha value is -3.07. The Labute approximate surface area is 228 Å². The van der Waals surface area contributed by atoms with Crippen LogP contribution in [0.4, 0.5) is 23.7 Å². The number of aliphatic imine (C=N–C) groups is 1. The van der Waals surface area contributed by atoms with Crippen LogP contribution in [0.15, 0.2) is 53.5 Å². The Bertz CT molecular complexity index is 1240. The summed E-state index contributed by atoms with van der Waals surface area (Å²) >= 11 is 0. The van der Waals surface area contributed by atoms with Gasteiger partial charge in [0.1, 0.15) is 22.9 Å². The summed E-state index contributed by atoms with van der Waals surface area (Å²) in [6.07, 6.45) is 1.76. The third-order valence-electron chi connectivity index (χ3n) is 8.04. The average Bonchev–Trinajstić information content (AvgIpc) is 3.10. The number of nitrogens with one attached hydrogen (secondary N) is 1. The smallest absolute Gasteiger partial charge is 0.350 e. The van der Waals surface area contributed by atoms with Crippen molar-refractivity contribution >= 4 is 17.6 Å². The van der Waals surface area contributed by atoms with Gasteiger partial charge in [0.15, 0.2) is 0 Å². The molecule has 0 radical (unpaired) electrons. The molecule has 9 heteroatoms. The predicted octanol–water partition coefficient (Wildman–Crippen LogP) is 6.54. The number of piperidine rings is 1. The molecule has 1 saturated carbocycles. The van der Waals surface area contributed by atoms with Gasteiger partial charge in [0.05, 0.1) is 6.10 Å². The molecule has 1 N–H and O–H groups in total. The number of ether oxygens (including phenoxy) is 1. The van der Waals surface area contributed by atoms with Gasteiger partial charge in [-0.15, -0.1) is 0 Å². The molecule has 6 nitrogen and oxygen atoms in total. The van der Waals surface area contributed by atoms with Gasteiger partial charge in [0, 0.05) is 43.7 Å². The molecule has 2 heterocycles. The molecular weight excluding hydrogens is 505 g/mol. The van der Waals surface area contributed by atoms with Crippen molar-refractivity contribution in [3.63, 3.8) is 0 Å². The first-order valence-electron chi connectivity index (χ1n) is 13.9. The molecule has 5 rings (SSSR count). The molecule has 210 valence electrons. The lowest BCUT2D eigenvalue weighted by molar-refractivity contribution is -0.0421. The molecule has 2 fully saturated rings. The van der Waals surface area contributed by atoms with E-state index in [0.29, 0.717) is 50.3 Å². The summed E-state index contributed by atoms with van der Waals surface area (Å²) < 4.78 is 48.6. The maximum absolute atomic E-state index is 14.3. The fourth-order valence-electron chi connectivity index (χ4n) is 6.31. The van der Waals surface area contributed by atoms with E-state index in [1.165, 1.54) is 12.1 Å². The Morgan fingerprint density at radius 1 is 1.13 bits per heavy atom. The van der Waals surface area contributed by atoms with E-state index in [0.717, 1.165) is 11.3 Å². The molecule has 1 aliphatic carbocycles. The number of carbonyl (C=O) groups is 1. The normalized spacial score (nSPS) is 27.2. The molecule has 2 aliphatic heterocycles. The zero-order valence-electron chi connectivity index (χ0n) is 22.8. The second-order valence-electron chi connectivity index (χ2n) is 11.5. The van der Waals surface area contributed by atoms with Gasteiger partial charge in [-0.3, -0.25) is 9.80 Å². The number of amidine groups is 1. The molecule has 0 bridgehead atoms. The summed E-state index contributed by atoms with van der Waals surface area (Å²) in [4.78, 5) is 21.6. The Morgan fingerprint density at radius 2 is 1.92 bits per heavy atom. The van der Waals surface area contributed by atoms with E-state index in [1.54, 1.807) is 17.0 Å². The first-order chi connectivity index (χ1) is 18.5. The highest BCUT2D eigenvalue weighted by atomic mass is 19.3. The van der Waals surface area contributed by atoms with Crippen LogP contribution in [0.1, 0.15) is 64.9 Å². The van der Waals surface area contributed by atoms with Gasteiger partial charge < -0.3 is 10.1 Å². The first-order valence-corrected chi connectivity index (χ1v) is 13.9. The Kier molecular flexibility index (Phi) is 7.64. The summed E-state index contributed by atoms with van der Waals surface area (Å²) in [5, 5.41) is 3.27. The molecule has 3 atom stereocenters. The summed E-state index contributed by atoms with van der Waals surface area (Å²) in [6.45, 7) is 7.45. The van der Waals surface area contributed by atoms with Crippen molar-refractivity contribution in [3.05, 3.63) is 59.9 Å². The highest BCUT2D eigenvalue weighted by Crippen LogP contribution is 2.42. The van der Waals surface area contributed by atoms with Crippen LogP contribution in [0.25, 0.3) is 0 Å². The van der Waals surface area contributed by atoms with E-state index in [-0.39, 0.29) is 25.0 Å². The van der Waals surface area contributed by atoms with Crippen molar-refractivity contribution in [3.8, 4) is 5.75 Å². The third-order valence-corrected chi connectivity index (χ3v) is 8.04. The van der Waals surface area contributed by atoms with Crippen LogP contribution in [0.5, 0.6) is 5.75 Å². The van der Waals surface area contributed by atoms with Crippen LogP contribution in [-0.2, 0) is 6.54 Å². The van der Waals surface area contributed by atoms with Crippen LogP contribution >= 0.6 is 0 Å². The van der Waals surface area contributed by atoms with Gasteiger partial charge in [-0.25, -0.2) is 18.0 Å². The third kappa shape index (κ3) is 5.93. The number of amides is 2.